The van der Waals surface area contributed by atoms with Gasteiger partial charge in [0.1, 0.15) is 5.75 Å². The van der Waals surface area contributed by atoms with Gasteiger partial charge < -0.3 is 14.7 Å². The summed E-state index contributed by atoms with van der Waals surface area (Å²) >= 11 is 0. The molecular weight excluding hydrogens is 266 g/mol. The first-order valence-corrected chi connectivity index (χ1v) is 6.97. The molecule has 2 aromatic rings. The first-order valence-electron chi connectivity index (χ1n) is 6.97. The number of carbonyl (C=O) groups is 1. The van der Waals surface area contributed by atoms with Gasteiger partial charge in [-0.3, -0.25) is 0 Å². The molecule has 0 aromatic heterocycles. The highest BCUT2D eigenvalue weighted by Gasteiger charge is 2.22. The predicted octanol–water partition coefficient (Wildman–Crippen LogP) is 3.48. The average molecular weight is 283 g/mol. The van der Waals surface area contributed by atoms with E-state index in [4.69, 9.17) is 4.74 Å². The summed E-state index contributed by atoms with van der Waals surface area (Å²) in [6.07, 6.45) is 2.03. The average Bonchev–Trinajstić information content (AvgIpc) is 2.53. The number of anilines is 2. The largest absolute Gasteiger partial charge is 0.497 e. The molecular formula is C17H17NO3. The Hall–Kier alpha value is -2.49. The van der Waals surface area contributed by atoms with Crippen LogP contribution in [0.2, 0.25) is 0 Å². The van der Waals surface area contributed by atoms with Gasteiger partial charge in [0, 0.05) is 18.3 Å². The molecule has 1 heterocycles. The second-order valence-electron chi connectivity index (χ2n) is 5.07. The number of aromatic carboxylic acids is 1. The van der Waals surface area contributed by atoms with Crippen LogP contribution < -0.4 is 9.64 Å². The Labute approximate surface area is 123 Å². The van der Waals surface area contributed by atoms with E-state index in [-0.39, 0.29) is 0 Å². The minimum absolute atomic E-state index is 0.299. The smallest absolute Gasteiger partial charge is 0.337 e. The highest BCUT2D eigenvalue weighted by molar-refractivity contribution is 5.96. The fraction of sp³-hybridized carbons (Fsp3) is 0.235. The molecule has 0 spiro atoms. The highest BCUT2D eigenvalue weighted by Crippen LogP contribution is 2.36. The van der Waals surface area contributed by atoms with Crippen LogP contribution >= 0.6 is 0 Å². The molecule has 0 saturated carbocycles. The quantitative estimate of drug-likeness (QED) is 0.937. The van der Waals surface area contributed by atoms with Crippen LogP contribution in [0.5, 0.6) is 5.75 Å². The SMILES string of the molecule is COc1ccc(C(=O)O)c(N2CCCc3ccccc32)c1. The van der Waals surface area contributed by atoms with E-state index >= 15 is 0 Å². The monoisotopic (exact) mass is 283 g/mol. The predicted molar refractivity (Wildman–Crippen MR) is 81.7 cm³/mol. The summed E-state index contributed by atoms with van der Waals surface area (Å²) in [7, 11) is 1.59. The molecule has 0 amide bonds. The van der Waals surface area contributed by atoms with Crippen molar-refractivity contribution in [1.29, 1.82) is 0 Å². The van der Waals surface area contributed by atoms with E-state index in [0.29, 0.717) is 17.0 Å². The molecule has 0 radical (unpaired) electrons. The number of ether oxygens (including phenoxy) is 1. The Morgan fingerprint density at radius 1 is 1.19 bits per heavy atom. The van der Waals surface area contributed by atoms with Crippen molar-refractivity contribution < 1.29 is 14.6 Å². The van der Waals surface area contributed by atoms with E-state index in [2.05, 4.69) is 11.0 Å². The van der Waals surface area contributed by atoms with E-state index in [1.807, 2.05) is 18.2 Å². The van der Waals surface area contributed by atoms with Crippen molar-refractivity contribution in [3.05, 3.63) is 53.6 Å². The zero-order chi connectivity index (χ0) is 14.8. The van der Waals surface area contributed by atoms with Crippen LogP contribution in [0.25, 0.3) is 0 Å². The van der Waals surface area contributed by atoms with E-state index in [1.165, 1.54) is 5.56 Å². The Balaban J connectivity index is 2.14. The lowest BCUT2D eigenvalue weighted by atomic mass is 10.00. The molecule has 0 atom stereocenters. The summed E-state index contributed by atoms with van der Waals surface area (Å²) in [5, 5.41) is 9.44. The molecule has 1 N–H and O–H groups in total. The zero-order valence-corrected chi connectivity index (χ0v) is 11.9. The summed E-state index contributed by atoms with van der Waals surface area (Å²) in [4.78, 5) is 13.6. The molecule has 0 aliphatic carbocycles. The van der Waals surface area contributed by atoms with Gasteiger partial charge in [-0.1, -0.05) is 18.2 Å². The molecule has 0 fully saturated rings. The summed E-state index contributed by atoms with van der Waals surface area (Å²) in [6.45, 7) is 0.810. The summed E-state index contributed by atoms with van der Waals surface area (Å²) in [5.41, 5.74) is 3.32. The maximum absolute atomic E-state index is 11.5. The molecule has 0 bridgehead atoms. The normalized spacial score (nSPS) is 13.7. The molecule has 1 aliphatic heterocycles. The molecule has 2 aromatic carbocycles. The van der Waals surface area contributed by atoms with Gasteiger partial charge >= 0.3 is 5.97 Å². The second kappa shape index (κ2) is 5.48. The third-order valence-corrected chi connectivity index (χ3v) is 3.84. The number of carboxylic acid groups (broad SMARTS) is 1. The minimum Gasteiger partial charge on any atom is -0.497 e. The number of methoxy groups -OCH3 is 1. The first kappa shape index (κ1) is 13.5. The van der Waals surface area contributed by atoms with Gasteiger partial charge in [-0.25, -0.2) is 4.79 Å². The number of para-hydroxylation sites is 1. The standard InChI is InChI=1S/C17H17NO3/c1-21-13-8-9-14(17(19)20)16(11-13)18-10-4-6-12-5-2-3-7-15(12)18/h2-3,5,7-9,11H,4,6,10H2,1H3,(H,19,20). The number of aryl methyl sites for hydroxylation is 1. The maximum Gasteiger partial charge on any atom is 0.337 e. The Kier molecular flexibility index (Phi) is 3.52. The Morgan fingerprint density at radius 2 is 2.00 bits per heavy atom. The molecule has 1 aliphatic rings. The van der Waals surface area contributed by atoms with Gasteiger partial charge in [-0.15, -0.1) is 0 Å². The number of rotatable bonds is 3. The van der Waals surface area contributed by atoms with Crippen LogP contribution in [-0.2, 0) is 6.42 Å². The highest BCUT2D eigenvalue weighted by atomic mass is 16.5. The number of nitrogens with zero attached hydrogens (tertiary/aromatic N) is 1. The maximum atomic E-state index is 11.5. The van der Waals surface area contributed by atoms with Crippen LogP contribution in [0.1, 0.15) is 22.3 Å². The number of carboxylic acids is 1. The van der Waals surface area contributed by atoms with Crippen molar-refractivity contribution in [3.8, 4) is 5.75 Å². The van der Waals surface area contributed by atoms with Crippen molar-refractivity contribution in [2.24, 2.45) is 0 Å². The van der Waals surface area contributed by atoms with E-state index in [1.54, 1.807) is 25.3 Å². The lowest BCUT2D eigenvalue weighted by Gasteiger charge is -2.32. The Bertz CT molecular complexity index is 681. The number of fused-ring (bicyclic) bond motifs is 1. The van der Waals surface area contributed by atoms with Crippen molar-refractivity contribution in [1.82, 2.24) is 0 Å². The van der Waals surface area contributed by atoms with Gasteiger partial charge in [0.25, 0.3) is 0 Å². The van der Waals surface area contributed by atoms with Crippen LogP contribution in [0.4, 0.5) is 11.4 Å². The molecule has 108 valence electrons. The van der Waals surface area contributed by atoms with Crippen molar-refractivity contribution in [3.63, 3.8) is 0 Å². The fourth-order valence-corrected chi connectivity index (χ4v) is 2.83. The van der Waals surface area contributed by atoms with Gasteiger partial charge in [0.05, 0.1) is 18.4 Å². The molecule has 4 nitrogen and oxygen atoms in total. The minimum atomic E-state index is -0.921. The number of hydrogen-bond acceptors (Lipinski definition) is 3. The van der Waals surface area contributed by atoms with Crippen LogP contribution in [0.3, 0.4) is 0 Å². The molecule has 0 unspecified atom stereocenters. The first-order chi connectivity index (χ1) is 10.2. The lowest BCUT2D eigenvalue weighted by Crippen LogP contribution is -2.26. The fourth-order valence-electron chi connectivity index (χ4n) is 2.83. The number of benzene rings is 2. The molecule has 21 heavy (non-hydrogen) atoms. The van der Waals surface area contributed by atoms with E-state index in [0.717, 1.165) is 25.1 Å². The summed E-state index contributed by atoms with van der Waals surface area (Å²) in [5.74, 6) is -0.256. The van der Waals surface area contributed by atoms with Crippen LogP contribution in [0, 0.1) is 0 Å². The molecule has 3 rings (SSSR count). The third-order valence-electron chi connectivity index (χ3n) is 3.84. The topological polar surface area (TPSA) is 49.8 Å². The van der Waals surface area contributed by atoms with Crippen LogP contribution in [0.15, 0.2) is 42.5 Å². The van der Waals surface area contributed by atoms with Gasteiger partial charge in [0.2, 0.25) is 0 Å². The Morgan fingerprint density at radius 3 is 2.76 bits per heavy atom. The van der Waals surface area contributed by atoms with Crippen molar-refractivity contribution in [2.45, 2.75) is 12.8 Å². The lowest BCUT2D eigenvalue weighted by molar-refractivity contribution is 0.0697. The second-order valence-corrected chi connectivity index (χ2v) is 5.07. The van der Waals surface area contributed by atoms with Crippen molar-refractivity contribution in [2.75, 3.05) is 18.6 Å². The van der Waals surface area contributed by atoms with Crippen LogP contribution in [-0.4, -0.2) is 24.7 Å². The third kappa shape index (κ3) is 2.44. The van der Waals surface area contributed by atoms with E-state index in [9.17, 15) is 9.90 Å². The zero-order valence-electron chi connectivity index (χ0n) is 11.9. The molecule has 4 heteroatoms. The molecule has 0 saturated heterocycles. The van der Waals surface area contributed by atoms with Crippen molar-refractivity contribution >= 4 is 17.3 Å². The van der Waals surface area contributed by atoms with Gasteiger partial charge in [-0.05, 0) is 36.6 Å². The number of hydrogen-bond donors (Lipinski definition) is 1. The van der Waals surface area contributed by atoms with Gasteiger partial charge in [-0.2, -0.15) is 0 Å². The summed E-state index contributed by atoms with van der Waals surface area (Å²) < 4.78 is 5.25. The van der Waals surface area contributed by atoms with E-state index < -0.39 is 5.97 Å². The summed E-state index contributed by atoms with van der Waals surface area (Å²) in [6, 6.07) is 13.2. The van der Waals surface area contributed by atoms with Gasteiger partial charge in [0.15, 0.2) is 0 Å².